The monoisotopic (exact) mass is 352 g/mol. The smallest absolute Gasteiger partial charge is 0.268 e. The van der Waals surface area contributed by atoms with E-state index in [1.165, 1.54) is 5.56 Å². The van der Waals surface area contributed by atoms with Crippen LogP contribution in [0.25, 0.3) is 0 Å². The zero-order valence-corrected chi connectivity index (χ0v) is 14.5. The minimum atomic E-state index is -4.18. The van der Waals surface area contributed by atoms with E-state index < -0.39 is 26.9 Å². The Bertz CT molecular complexity index is 774. The van der Waals surface area contributed by atoms with E-state index in [4.69, 9.17) is 0 Å². The molecule has 6 atom stereocenters. The predicted molar refractivity (Wildman–Crippen MR) is 89.5 cm³/mol. The zero-order valence-electron chi connectivity index (χ0n) is 13.7. The SMILES string of the molecule is C[C@]12CC[C@@H]3c4ccc(O)cc4CC[C@H]3[C@@H]1C(S(=O)(=O)O)CC2O. The van der Waals surface area contributed by atoms with E-state index in [-0.39, 0.29) is 29.9 Å². The van der Waals surface area contributed by atoms with Gasteiger partial charge in [-0.05, 0) is 78.5 Å². The summed E-state index contributed by atoms with van der Waals surface area (Å²) in [5, 5.41) is 19.4. The highest BCUT2D eigenvalue weighted by atomic mass is 32.2. The van der Waals surface area contributed by atoms with Gasteiger partial charge in [0.05, 0.1) is 11.4 Å². The number of fused-ring (bicyclic) bond motifs is 5. The maximum Gasteiger partial charge on any atom is 0.268 e. The second-order valence-corrected chi connectivity index (χ2v) is 9.70. The average molecular weight is 352 g/mol. The van der Waals surface area contributed by atoms with Gasteiger partial charge in [0.2, 0.25) is 0 Å². The fraction of sp³-hybridized carbons (Fsp3) is 0.667. The second-order valence-electron chi connectivity index (χ2n) is 8.07. The largest absolute Gasteiger partial charge is 0.508 e. The predicted octanol–water partition coefficient (Wildman–Crippen LogP) is 2.48. The molecule has 0 spiro atoms. The molecule has 5 nitrogen and oxygen atoms in total. The summed E-state index contributed by atoms with van der Waals surface area (Å²) in [6.07, 6.45) is 2.74. The molecule has 132 valence electrons. The van der Waals surface area contributed by atoms with E-state index in [0.717, 1.165) is 31.2 Å². The van der Waals surface area contributed by atoms with Crippen molar-refractivity contribution in [2.45, 2.75) is 56.3 Å². The highest BCUT2D eigenvalue weighted by Gasteiger charge is 2.61. The van der Waals surface area contributed by atoms with Gasteiger partial charge in [0, 0.05) is 0 Å². The molecule has 1 aromatic carbocycles. The van der Waals surface area contributed by atoms with Crippen LogP contribution in [0.4, 0.5) is 0 Å². The van der Waals surface area contributed by atoms with Crippen molar-refractivity contribution < 1.29 is 23.2 Å². The normalized spacial score (nSPS) is 41.4. The van der Waals surface area contributed by atoms with Crippen LogP contribution in [-0.4, -0.2) is 34.5 Å². The Hall–Kier alpha value is -1.11. The van der Waals surface area contributed by atoms with Gasteiger partial charge in [0.15, 0.2) is 0 Å². The number of aromatic hydroxyl groups is 1. The van der Waals surface area contributed by atoms with Crippen LogP contribution >= 0.6 is 0 Å². The van der Waals surface area contributed by atoms with Gasteiger partial charge in [-0.25, -0.2) is 0 Å². The number of hydrogen-bond acceptors (Lipinski definition) is 4. The van der Waals surface area contributed by atoms with Crippen molar-refractivity contribution >= 4 is 10.1 Å². The van der Waals surface area contributed by atoms with Crippen LogP contribution in [0.15, 0.2) is 18.2 Å². The average Bonchev–Trinajstić information content (AvgIpc) is 2.78. The molecule has 6 heteroatoms. The first kappa shape index (κ1) is 16.4. The number of aryl methyl sites for hydroxylation is 1. The molecule has 0 amide bonds. The molecule has 2 saturated carbocycles. The number of phenols is 1. The molecule has 24 heavy (non-hydrogen) atoms. The summed E-state index contributed by atoms with van der Waals surface area (Å²) < 4.78 is 33.6. The van der Waals surface area contributed by atoms with Crippen LogP contribution in [0.5, 0.6) is 5.75 Å². The molecule has 3 N–H and O–H groups in total. The first-order valence-electron chi connectivity index (χ1n) is 8.68. The van der Waals surface area contributed by atoms with Crippen LogP contribution in [0.2, 0.25) is 0 Å². The van der Waals surface area contributed by atoms with E-state index in [1.54, 1.807) is 6.07 Å². The highest BCUT2D eigenvalue weighted by Crippen LogP contribution is 2.62. The van der Waals surface area contributed by atoms with Gasteiger partial charge >= 0.3 is 0 Å². The lowest BCUT2D eigenvalue weighted by atomic mass is 9.55. The molecular weight excluding hydrogens is 328 g/mol. The second kappa shape index (κ2) is 5.19. The van der Waals surface area contributed by atoms with E-state index in [9.17, 15) is 23.2 Å². The zero-order chi connectivity index (χ0) is 17.3. The van der Waals surface area contributed by atoms with Gasteiger partial charge in [-0.3, -0.25) is 4.55 Å². The van der Waals surface area contributed by atoms with Gasteiger partial charge in [0.1, 0.15) is 5.75 Å². The van der Waals surface area contributed by atoms with Crippen LogP contribution in [0.3, 0.4) is 0 Å². The summed E-state index contributed by atoms with van der Waals surface area (Å²) >= 11 is 0. The molecule has 0 heterocycles. The first-order chi connectivity index (χ1) is 11.2. The van der Waals surface area contributed by atoms with Crippen molar-refractivity contribution in [3.63, 3.8) is 0 Å². The summed E-state index contributed by atoms with van der Waals surface area (Å²) in [5.74, 6) is 0.426. The Morgan fingerprint density at radius 1 is 1.25 bits per heavy atom. The van der Waals surface area contributed by atoms with Gasteiger partial charge in [0.25, 0.3) is 10.1 Å². The van der Waals surface area contributed by atoms with Crippen molar-refractivity contribution in [3.8, 4) is 5.75 Å². The number of aliphatic hydroxyl groups is 1. The maximum absolute atomic E-state index is 12.0. The molecule has 0 bridgehead atoms. The van der Waals surface area contributed by atoms with Gasteiger partial charge in [-0.1, -0.05) is 13.0 Å². The third-order valence-electron chi connectivity index (χ3n) is 7.01. The van der Waals surface area contributed by atoms with Crippen LogP contribution < -0.4 is 0 Å². The summed E-state index contributed by atoms with van der Waals surface area (Å²) in [5.41, 5.74) is 1.89. The minimum absolute atomic E-state index is 0.131. The lowest BCUT2D eigenvalue weighted by molar-refractivity contribution is -0.0223. The van der Waals surface area contributed by atoms with Crippen LogP contribution in [-0.2, 0) is 16.5 Å². The lowest BCUT2D eigenvalue weighted by Gasteiger charge is -2.50. The number of phenolic OH excluding ortho intramolecular Hbond substituents is 1. The van der Waals surface area contributed by atoms with E-state index in [0.29, 0.717) is 0 Å². The minimum Gasteiger partial charge on any atom is -0.508 e. The van der Waals surface area contributed by atoms with E-state index >= 15 is 0 Å². The Kier molecular flexibility index (Phi) is 3.54. The molecule has 2 fully saturated rings. The maximum atomic E-state index is 12.0. The molecule has 1 aromatic rings. The van der Waals surface area contributed by atoms with Gasteiger partial charge in [-0.2, -0.15) is 8.42 Å². The molecule has 3 aliphatic carbocycles. The molecule has 3 aliphatic rings. The van der Waals surface area contributed by atoms with Gasteiger partial charge < -0.3 is 10.2 Å². The Labute approximate surface area is 142 Å². The summed E-state index contributed by atoms with van der Waals surface area (Å²) in [6, 6.07) is 5.46. The van der Waals surface area contributed by atoms with Crippen LogP contribution in [0.1, 0.15) is 49.7 Å². The first-order valence-corrected chi connectivity index (χ1v) is 10.2. The third kappa shape index (κ3) is 2.23. The van der Waals surface area contributed by atoms with Crippen molar-refractivity contribution in [2.24, 2.45) is 17.3 Å². The van der Waals surface area contributed by atoms with Crippen molar-refractivity contribution in [3.05, 3.63) is 29.3 Å². The topological polar surface area (TPSA) is 94.8 Å². The molecular formula is C18H24O5S. The molecule has 0 aromatic heterocycles. The van der Waals surface area contributed by atoms with Gasteiger partial charge in [-0.15, -0.1) is 0 Å². The molecule has 2 unspecified atom stereocenters. The number of benzene rings is 1. The number of hydrogen-bond donors (Lipinski definition) is 3. The summed E-state index contributed by atoms with van der Waals surface area (Å²) in [7, 11) is -4.18. The number of rotatable bonds is 1. The highest BCUT2D eigenvalue weighted by molar-refractivity contribution is 7.86. The lowest BCUT2D eigenvalue weighted by Crippen LogP contribution is -2.47. The molecule has 4 rings (SSSR count). The molecule has 0 saturated heterocycles. The summed E-state index contributed by atoms with van der Waals surface area (Å²) in [4.78, 5) is 0. The fourth-order valence-corrected chi connectivity index (χ4v) is 7.19. The third-order valence-corrected chi connectivity index (χ3v) is 8.26. The fourth-order valence-electron chi connectivity index (χ4n) is 5.88. The molecule has 0 aliphatic heterocycles. The summed E-state index contributed by atoms with van der Waals surface area (Å²) in [6.45, 7) is 1.98. The van der Waals surface area contributed by atoms with Crippen molar-refractivity contribution in [1.82, 2.24) is 0 Å². The Morgan fingerprint density at radius 3 is 2.71 bits per heavy atom. The standard InChI is InChI=1S/C18H24O5S/c1-18-7-6-13-12-5-3-11(19)8-10(12)2-4-14(13)17(18)15(9-16(18)20)24(21,22)23/h3,5,8,13-17,19-20H,2,4,6-7,9H2,1H3,(H,21,22,23)/t13-,14-,15?,16?,17-,18-/m1/s1. The van der Waals surface area contributed by atoms with E-state index in [1.807, 2.05) is 19.1 Å². The Balaban J connectivity index is 1.78. The van der Waals surface area contributed by atoms with E-state index in [2.05, 4.69) is 0 Å². The quantitative estimate of drug-likeness (QED) is 0.675. The van der Waals surface area contributed by atoms with Crippen LogP contribution in [0, 0.1) is 17.3 Å². The Morgan fingerprint density at radius 2 is 2.00 bits per heavy atom. The van der Waals surface area contributed by atoms with Crippen molar-refractivity contribution in [2.75, 3.05) is 0 Å². The van der Waals surface area contributed by atoms with Crippen molar-refractivity contribution in [1.29, 1.82) is 0 Å². The number of aliphatic hydroxyl groups excluding tert-OH is 1. The molecule has 0 radical (unpaired) electrons.